The number of nitrogens with two attached hydrogens (primary N) is 2. The monoisotopic (exact) mass is 515 g/mol. The molecule has 2 aromatic carbocycles. The highest BCUT2D eigenvalue weighted by Crippen LogP contribution is 2.33. The number of esters is 1. The van der Waals surface area contributed by atoms with Gasteiger partial charge in [0.1, 0.15) is 29.0 Å². The molecule has 3 rings (SSSR count). The van der Waals surface area contributed by atoms with E-state index in [1.54, 1.807) is 6.92 Å². The fourth-order valence-corrected chi connectivity index (χ4v) is 4.01. The molecular weight excluding hydrogens is 493 g/mol. The van der Waals surface area contributed by atoms with Gasteiger partial charge in [-0.3, -0.25) is 24.1 Å². The van der Waals surface area contributed by atoms with Crippen LogP contribution in [0, 0.1) is 5.82 Å². The number of phenols is 1. The highest BCUT2D eigenvalue weighted by molar-refractivity contribution is 7.09. The van der Waals surface area contributed by atoms with Crippen molar-refractivity contribution >= 4 is 46.6 Å². The van der Waals surface area contributed by atoms with Crippen molar-refractivity contribution in [1.29, 1.82) is 0 Å². The van der Waals surface area contributed by atoms with Crippen molar-refractivity contribution in [3.05, 3.63) is 70.5 Å². The Hall–Kier alpha value is -4.52. The smallest absolute Gasteiger partial charge is 0.325 e. The standard InChI is InChI=1S/C23H22FN5O6S/c1-2-35-16(31)11-27-22(33)19(12-3-9-15(30)10-4-12)29(14-7-5-13(24)6-8-14)23(34)20-17(25)18(21(26)32)28-36-20/h3-10,19,30H,2,11,25H2,1H3,(H2,26,32)(H,27,33). The van der Waals surface area contributed by atoms with Crippen molar-refractivity contribution in [3.8, 4) is 5.75 Å². The van der Waals surface area contributed by atoms with Crippen molar-refractivity contribution in [2.75, 3.05) is 23.8 Å². The molecule has 1 unspecified atom stereocenters. The molecule has 0 aliphatic carbocycles. The number of halogens is 1. The molecule has 3 amide bonds. The van der Waals surface area contributed by atoms with Crippen LogP contribution in [0.1, 0.15) is 38.7 Å². The van der Waals surface area contributed by atoms with E-state index in [-0.39, 0.29) is 39.9 Å². The number of benzene rings is 2. The van der Waals surface area contributed by atoms with E-state index in [9.17, 15) is 28.7 Å². The summed E-state index contributed by atoms with van der Waals surface area (Å²) in [5, 5.41) is 12.2. The van der Waals surface area contributed by atoms with Crippen LogP contribution in [0.4, 0.5) is 15.8 Å². The number of ether oxygens (including phenoxy) is 1. The lowest BCUT2D eigenvalue weighted by molar-refractivity contribution is -0.143. The molecule has 13 heteroatoms. The Kier molecular flexibility index (Phi) is 8.17. The summed E-state index contributed by atoms with van der Waals surface area (Å²) in [7, 11) is 0. The third-order valence-corrected chi connectivity index (χ3v) is 5.76. The van der Waals surface area contributed by atoms with Crippen LogP contribution >= 0.6 is 11.5 Å². The summed E-state index contributed by atoms with van der Waals surface area (Å²) in [6.07, 6.45) is 0. The Morgan fingerprint density at radius 1 is 1.14 bits per heavy atom. The molecule has 188 valence electrons. The van der Waals surface area contributed by atoms with Gasteiger partial charge < -0.3 is 26.6 Å². The molecule has 0 fully saturated rings. The number of nitrogens with one attached hydrogen (secondary N) is 1. The Morgan fingerprint density at radius 3 is 2.33 bits per heavy atom. The summed E-state index contributed by atoms with van der Waals surface area (Å²) in [5.74, 6) is -3.96. The summed E-state index contributed by atoms with van der Waals surface area (Å²) >= 11 is 0.603. The third kappa shape index (κ3) is 5.75. The van der Waals surface area contributed by atoms with Crippen LogP contribution in [-0.4, -0.2) is 46.3 Å². The normalized spacial score (nSPS) is 11.4. The SMILES string of the molecule is CCOC(=O)CNC(=O)C(c1ccc(O)cc1)N(C(=O)c1snc(C(N)=O)c1N)c1ccc(F)cc1. The topological polar surface area (TPSA) is 178 Å². The third-order valence-electron chi connectivity index (χ3n) is 4.91. The number of rotatable bonds is 9. The predicted molar refractivity (Wildman–Crippen MR) is 129 cm³/mol. The first kappa shape index (κ1) is 26.1. The van der Waals surface area contributed by atoms with Gasteiger partial charge in [0.2, 0.25) is 5.91 Å². The average Bonchev–Trinajstić information content (AvgIpc) is 3.24. The maximum Gasteiger partial charge on any atom is 0.325 e. The van der Waals surface area contributed by atoms with Gasteiger partial charge >= 0.3 is 5.97 Å². The van der Waals surface area contributed by atoms with Crippen molar-refractivity contribution in [1.82, 2.24) is 9.69 Å². The molecule has 11 nitrogen and oxygen atoms in total. The molecule has 3 aromatic rings. The van der Waals surface area contributed by atoms with E-state index in [0.29, 0.717) is 11.5 Å². The number of hydrogen-bond acceptors (Lipinski definition) is 9. The summed E-state index contributed by atoms with van der Waals surface area (Å²) in [5.41, 5.74) is 11.0. The Bertz CT molecular complexity index is 1280. The van der Waals surface area contributed by atoms with Gasteiger partial charge in [0.25, 0.3) is 11.8 Å². The van der Waals surface area contributed by atoms with E-state index in [4.69, 9.17) is 16.2 Å². The van der Waals surface area contributed by atoms with Gasteiger partial charge in [0, 0.05) is 5.69 Å². The number of aromatic nitrogens is 1. The first-order valence-corrected chi connectivity index (χ1v) is 11.3. The van der Waals surface area contributed by atoms with E-state index in [0.717, 1.165) is 17.0 Å². The van der Waals surface area contributed by atoms with Crippen LogP contribution in [0.2, 0.25) is 0 Å². The van der Waals surface area contributed by atoms with Crippen molar-refractivity contribution < 1.29 is 33.4 Å². The molecule has 0 bridgehead atoms. The molecule has 6 N–H and O–H groups in total. The van der Waals surface area contributed by atoms with Gasteiger partial charge in [-0.15, -0.1) is 0 Å². The quantitative estimate of drug-likeness (QED) is 0.311. The van der Waals surface area contributed by atoms with E-state index >= 15 is 0 Å². The second-order valence-electron chi connectivity index (χ2n) is 7.31. The summed E-state index contributed by atoms with van der Waals surface area (Å²) in [6.45, 7) is 1.22. The minimum Gasteiger partial charge on any atom is -0.508 e. The van der Waals surface area contributed by atoms with E-state index in [2.05, 4.69) is 9.69 Å². The van der Waals surface area contributed by atoms with Gasteiger partial charge in [-0.05, 0) is 60.4 Å². The number of amides is 3. The van der Waals surface area contributed by atoms with Crippen LogP contribution in [-0.2, 0) is 14.3 Å². The zero-order valence-corrected chi connectivity index (χ0v) is 19.8. The summed E-state index contributed by atoms with van der Waals surface area (Å²) in [6, 6.07) is 8.71. The highest BCUT2D eigenvalue weighted by atomic mass is 32.1. The summed E-state index contributed by atoms with van der Waals surface area (Å²) in [4.78, 5) is 51.4. The molecule has 36 heavy (non-hydrogen) atoms. The molecule has 0 aliphatic rings. The number of nitrogen functional groups attached to an aromatic ring is 1. The Labute approximate surface area is 208 Å². The van der Waals surface area contributed by atoms with Gasteiger partial charge in [0.05, 0.1) is 12.3 Å². The minimum atomic E-state index is -1.42. The number of anilines is 2. The van der Waals surface area contributed by atoms with Crippen molar-refractivity contribution in [2.24, 2.45) is 5.73 Å². The molecule has 0 spiro atoms. The lowest BCUT2D eigenvalue weighted by atomic mass is 10.0. The van der Waals surface area contributed by atoms with Gasteiger partial charge in [-0.25, -0.2) is 4.39 Å². The van der Waals surface area contributed by atoms with E-state index in [1.165, 1.54) is 36.4 Å². The minimum absolute atomic E-state index is 0.0955. The highest BCUT2D eigenvalue weighted by Gasteiger charge is 2.36. The van der Waals surface area contributed by atoms with Gasteiger partial charge in [-0.2, -0.15) is 4.37 Å². The number of phenolic OH excluding ortho intramolecular Hbond substituents is 1. The number of nitrogens with zero attached hydrogens (tertiary/aromatic N) is 2. The molecule has 0 saturated heterocycles. The maximum atomic E-state index is 13.8. The first-order valence-electron chi connectivity index (χ1n) is 10.5. The number of hydrogen-bond donors (Lipinski definition) is 4. The van der Waals surface area contributed by atoms with Gasteiger partial charge in [0.15, 0.2) is 5.69 Å². The molecule has 0 saturated carbocycles. The second-order valence-corrected chi connectivity index (χ2v) is 8.08. The van der Waals surface area contributed by atoms with Crippen molar-refractivity contribution in [3.63, 3.8) is 0 Å². The fourth-order valence-electron chi connectivity index (χ4n) is 3.27. The lowest BCUT2D eigenvalue weighted by Gasteiger charge is -2.31. The van der Waals surface area contributed by atoms with Crippen LogP contribution < -0.4 is 21.7 Å². The van der Waals surface area contributed by atoms with Crippen molar-refractivity contribution in [2.45, 2.75) is 13.0 Å². The largest absolute Gasteiger partial charge is 0.508 e. The molecule has 1 heterocycles. The zero-order chi connectivity index (χ0) is 26.4. The summed E-state index contributed by atoms with van der Waals surface area (Å²) < 4.78 is 22.4. The van der Waals surface area contributed by atoms with E-state index in [1.807, 2.05) is 0 Å². The molecular formula is C23H22FN5O6S. The first-order chi connectivity index (χ1) is 17.1. The lowest BCUT2D eigenvalue weighted by Crippen LogP contribution is -2.45. The zero-order valence-electron chi connectivity index (χ0n) is 18.9. The second kappa shape index (κ2) is 11.3. The Morgan fingerprint density at radius 2 is 1.78 bits per heavy atom. The van der Waals surface area contributed by atoms with E-state index < -0.39 is 42.1 Å². The fraction of sp³-hybridized carbons (Fsp3) is 0.174. The van der Waals surface area contributed by atoms with Crippen LogP contribution in [0.25, 0.3) is 0 Å². The number of carbonyl (C=O) groups excluding carboxylic acids is 4. The van der Waals surface area contributed by atoms with Crippen LogP contribution in [0.3, 0.4) is 0 Å². The molecule has 0 radical (unpaired) electrons. The molecule has 1 atom stereocenters. The van der Waals surface area contributed by atoms with Crippen LogP contribution in [0.5, 0.6) is 5.75 Å². The number of primary amides is 1. The molecule has 0 aliphatic heterocycles. The maximum absolute atomic E-state index is 13.8. The number of aromatic hydroxyl groups is 1. The Balaban J connectivity index is 2.14. The average molecular weight is 516 g/mol. The predicted octanol–water partition coefficient (Wildman–Crippen LogP) is 1.74. The number of carbonyl (C=O) groups is 4. The molecule has 1 aromatic heterocycles. The van der Waals surface area contributed by atoms with Crippen LogP contribution in [0.15, 0.2) is 48.5 Å². The van der Waals surface area contributed by atoms with Gasteiger partial charge in [-0.1, -0.05) is 12.1 Å².